The van der Waals surface area contributed by atoms with Crippen molar-refractivity contribution >= 4 is 11.6 Å². The van der Waals surface area contributed by atoms with E-state index in [1.54, 1.807) is 24.3 Å². The Morgan fingerprint density at radius 2 is 2.06 bits per heavy atom. The van der Waals surface area contributed by atoms with Gasteiger partial charge in [-0.3, -0.25) is 4.79 Å². The molecule has 2 atom stereocenters. The van der Waals surface area contributed by atoms with Crippen LogP contribution in [0.5, 0.6) is 5.75 Å². The molecular weight excluding hydrogens is 220 g/mol. The van der Waals surface area contributed by atoms with E-state index in [9.17, 15) is 9.90 Å². The molecule has 5 heteroatoms. The number of benzene rings is 1. The van der Waals surface area contributed by atoms with Gasteiger partial charge in [0.15, 0.2) is 0 Å². The summed E-state index contributed by atoms with van der Waals surface area (Å²) < 4.78 is 5.27. The van der Waals surface area contributed by atoms with E-state index in [2.05, 4.69) is 5.32 Å². The minimum absolute atomic E-state index is 0.413. The number of anilines is 1. The number of nitrogens with one attached hydrogen (secondary N) is 1. The number of ether oxygens (including phenoxy) is 1. The third-order valence-corrected chi connectivity index (χ3v) is 2.26. The third kappa shape index (κ3) is 4.05. The van der Waals surface area contributed by atoms with Gasteiger partial charge in [-0.15, -0.1) is 0 Å². The molecule has 0 aliphatic carbocycles. The molecule has 94 valence electrons. The van der Waals surface area contributed by atoms with Gasteiger partial charge < -0.3 is 20.9 Å². The highest BCUT2D eigenvalue weighted by Gasteiger charge is 2.18. The van der Waals surface area contributed by atoms with Crippen LogP contribution in [0.2, 0.25) is 0 Å². The van der Waals surface area contributed by atoms with Crippen LogP contribution in [-0.4, -0.2) is 29.8 Å². The second-order valence-electron chi connectivity index (χ2n) is 3.71. The van der Waals surface area contributed by atoms with E-state index in [1.165, 1.54) is 6.92 Å². The minimum Gasteiger partial charge on any atom is -0.494 e. The van der Waals surface area contributed by atoms with Gasteiger partial charge in [-0.25, -0.2) is 0 Å². The number of rotatable bonds is 5. The van der Waals surface area contributed by atoms with E-state index in [-0.39, 0.29) is 0 Å². The highest BCUT2D eigenvalue weighted by molar-refractivity contribution is 5.95. The van der Waals surface area contributed by atoms with Crippen LogP contribution in [-0.2, 0) is 4.79 Å². The van der Waals surface area contributed by atoms with Crippen molar-refractivity contribution in [3.8, 4) is 5.75 Å². The monoisotopic (exact) mass is 238 g/mol. The van der Waals surface area contributed by atoms with Gasteiger partial charge in [-0.05, 0) is 38.1 Å². The zero-order valence-electron chi connectivity index (χ0n) is 10.0. The second kappa shape index (κ2) is 6.22. The van der Waals surface area contributed by atoms with Crippen molar-refractivity contribution in [1.29, 1.82) is 0 Å². The van der Waals surface area contributed by atoms with Gasteiger partial charge in [0, 0.05) is 5.69 Å². The number of hydrogen-bond donors (Lipinski definition) is 3. The van der Waals surface area contributed by atoms with Crippen LogP contribution in [0.1, 0.15) is 13.8 Å². The Kier molecular flexibility index (Phi) is 4.93. The molecule has 5 nitrogen and oxygen atoms in total. The summed E-state index contributed by atoms with van der Waals surface area (Å²) in [4.78, 5) is 11.5. The van der Waals surface area contributed by atoms with Crippen LogP contribution < -0.4 is 15.8 Å². The Balaban J connectivity index is 2.60. The molecule has 0 bridgehead atoms. The first-order valence-electron chi connectivity index (χ1n) is 5.52. The molecule has 0 heterocycles. The van der Waals surface area contributed by atoms with E-state index in [1.807, 2.05) is 6.92 Å². The summed E-state index contributed by atoms with van der Waals surface area (Å²) in [7, 11) is 0. The van der Waals surface area contributed by atoms with E-state index >= 15 is 0 Å². The third-order valence-electron chi connectivity index (χ3n) is 2.26. The normalized spacial score (nSPS) is 13.9. The fourth-order valence-corrected chi connectivity index (χ4v) is 1.25. The molecule has 2 unspecified atom stereocenters. The molecule has 0 aliphatic heterocycles. The summed E-state index contributed by atoms with van der Waals surface area (Å²) in [6.07, 6.45) is -0.877. The van der Waals surface area contributed by atoms with Crippen LogP contribution in [0.15, 0.2) is 24.3 Å². The van der Waals surface area contributed by atoms with Gasteiger partial charge >= 0.3 is 0 Å². The Hall–Kier alpha value is -1.59. The molecule has 17 heavy (non-hydrogen) atoms. The molecule has 1 aromatic rings. The highest BCUT2D eigenvalue weighted by atomic mass is 16.5. The van der Waals surface area contributed by atoms with Gasteiger partial charge in [0.25, 0.3) is 0 Å². The van der Waals surface area contributed by atoms with Gasteiger partial charge in [-0.1, -0.05) is 0 Å². The maximum absolute atomic E-state index is 11.5. The van der Waals surface area contributed by atoms with E-state index < -0.39 is 18.1 Å². The Labute approximate surface area is 101 Å². The number of hydrogen-bond acceptors (Lipinski definition) is 4. The van der Waals surface area contributed by atoms with Crippen molar-refractivity contribution in [3.63, 3.8) is 0 Å². The summed E-state index contributed by atoms with van der Waals surface area (Å²) >= 11 is 0. The first-order chi connectivity index (χ1) is 8.04. The average Bonchev–Trinajstić information content (AvgIpc) is 2.30. The quantitative estimate of drug-likeness (QED) is 0.706. The summed E-state index contributed by atoms with van der Waals surface area (Å²) in [6, 6.07) is 6.02. The Bertz CT molecular complexity index is 363. The minimum atomic E-state index is -0.929. The number of carbonyl (C=O) groups is 1. The molecule has 0 aromatic heterocycles. The fourth-order valence-electron chi connectivity index (χ4n) is 1.25. The maximum Gasteiger partial charge on any atom is 0.243 e. The van der Waals surface area contributed by atoms with Crippen LogP contribution >= 0.6 is 0 Å². The predicted molar refractivity (Wildman–Crippen MR) is 65.9 cm³/mol. The van der Waals surface area contributed by atoms with Crippen LogP contribution in [0.3, 0.4) is 0 Å². The fraction of sp³-hybridized carbons (Fsp3) is 0.417. The average molecular weight is 238 g/mol. The number of aliphatic hydroxyl groups is 1. The van der Waals surface area contributed by atoms with Crippen molar-refractivity contribution in [2.45, 2.75) is 26.0 Å². The topological polar surface area (TPSA) is 84.6 Å². The molecule has 1 aromatic carbocycles. The van der Waals surface area contributed by atoms with Crippen molar-refractivity contribution in [1.82, 2.24) is 0 Å². The van der Waals surface area contributed by atoms with Gasteiger partial charge in [0.05, 0.1) is 12.7 Å². The maximum atomic E-state index is 11.5. The largest absolute Gasteiger partial charge is 0.494 e. The molecule has 4 N–H and O–H groups in total. The van der Waals surface area contributed by atoms with Crippen molar-refractivity contribution < 1.29 is 14.6 Å². The summed E-state index contributed by atoms with van der Waals surface area (Å²) in [5.74, 6) is 0.328. The lowest BCUT2D eigenvalue weighted by Gasteiger charge is -2.14. The first kappa shape index (κ1) is 13.5. The van der Waals surface area contributed by atoms with Crippen LogP contribution in [0.4, 0.5) is 5.69 Å². The summed E-state index contributed by atoms with van der Waals surface area (Å²) in [5.41, 5.74) is 6.12. The zero-order chi connectivity index (χ0) is 12.8. The Morgan fingerprint density at radius 3 is 2.53 bits per heavy atom. The first-order valence-corrected chi connectivity index (χ1v) is 5.52. The smallest absolute Gasteiger partial charge is 0.243 e. The highest BCUT2D eigenvalue weighted by Crippen LogP contribution is 2.15. The summed E-state index contributed by atoms with van der Waals surface area (Å²) in [5, 5.41) is 11.8. The molecule has 0 saturated carbocycles. The lowest BCUT2D eigenvalue weighted by Crippen LogP contribution is -2.43. The second-order valence-corrected chi connectivity index (χ2v) is 3.71. The molecule has 1 amide bonds. The number of amides is 1. The molecule has 1 rings (SSSR count). The van der Waals surface area contributed by atoms with E-state index in [4.69, 9.17) is 10.5 Å². The molecule has 0 spiro atoms. The Morgan fingerprint density at radius 1 is 1.47 bits per heavy atom. The van der Waals surface area contributed by atoms with Crippen molar-refractivity contribution in [2.24, 2.45) is 5.73 Å². The lowest BCUT2D eigenvalue weighted by molar-refractivity contribution is -0.119. The van der Waals surface area contributed by atoms with Gasteiger partial charge in [0.2, 0.25) is 5.91 Å². The number of carbonyl (C=O) groups excluding carboxylic acids is 1. The van der Waals surface area contributed by atoms with E-state index in [0.717, 1.165) is 5.75 Å². The van der Waals surface area contributed by atoms with Crippen LogP contribution in [0, 0.1) is 0 Å². The molecule has 0 saturated heterocycles. The molecule has 0 aliphatic rings. The standard InChI is InChI=1S/C12H18N2O3/c1-3-17-10-6-4-9(5-7-10)14-12(16)11(13)8(2)15/h4-8,11,15H,3,13H2,1-2H3,(H,14,16). The zero-order valence-corrected chi connectivity index (χ0v) is 10.0. The van der Waals surface area contributed by atoms with E-state index in [0.29, 0.717) is 12.3 Å². The molecule has 0 fully saturated rings. The van der Waals surface area contributed by atoms with Crippen molar-refractivity contribution in [3.05, 3.63) is 24.3 Å². The number of aliphatic hydroxyl groups excluding tert-OH is 1. The predicted octanol–water partition coefficient (Wildman–Crippen LogP) is 0.732. The van der Waals surface area contributed by atoms with Crippen LogP contribution in [0.25, 0.3) is 0 Å². The lowest BCUT2D eigenvalue weighted by atomic mass is 10.2. The summed E-state index contributed by atoms with van der Waals surface area (Å²) in [6.45, 7) is 3.97. The SMILES string of the molecule is CCOc1ccc(NC(=O)C(N)C(C)O)cc1. The molecule has 0 radical (unpaired) electrons. The van der Waals surface area contributed by atoms with Gasteiger partial charge in [0.1, 0.15) is 11.8 Å². The number of nitrogens with two attached hydrogens (primary N) is 1. The van der Waals surface area contributed by atoms with Gasteiger partial charge in [-0.2, -0.15) is 0 Å². The molecular formula is C12H18N2O3. The van der Waals surface area contributed by atoms with Crippen molar-refractivity contribution in [2.75, 3.05) is 11.9 Å².